The Morgan fingerprint density at radius 3 is 2.85 bits per heavy atom. The number of hydrogen-bond acceptors (Lipinski definition) is 3. The number of benzene rings is 1. The molecule has 6 atom stereocenters. The Bertz CT molecular complexity index is 735. The highest BCUT2D eigenvalue weighted by atomic mass is 16.7. The Morgan fingerprint density at radius 2 is 2.04 bits per heavy atom. The first-order chi connectivity index (χ1) is 13.1. The van der Waals surface area contributed by atoms with Gasteiger partial charge in [0.15, 0.2) is 12.1 Å². The lowest BCUT2D eigenvalue weighted by molar-refractivity contribution is -0.105. The normalized spacial score (nSPS) is 40.8. The van der Waals surface area contributed by atoms with Gasteiger partial charge in [-0.05, 0) is 85.3 Å². The van der Waals surface area contributed by atoms with Crippen molar-refractivity contribution < 1.29 is 14.3 Å². The van der Waals surface area contributed by atoms with Crippen molar-refractivity contribution in [2.75, 3.05) is 6.61 Å². The van der Waals surface area contributed by atoms with Crippen molar-refractivity contribution >= 4 is 5.78 Å². The summed E-state index contributed by atoms with van der Waals surface area (Å²) < 4.78 is 11.7. The molecule has 0 N–H and O–H groups in total. The zero-order valence-corrected chi connectivity index (χ0v) is 16.7. The molecule has 3 heteroatoms. The summed E-state index contributed by atoms with van der Waals surface area (Å²) in [5.41, 5.74) is 2.65. The van der Waals surface area contributed by atoms with Crippen molar-refractivity contribution in [1.29, 1.82) is 0 Å². The lowest BCUT2D eigenvalue weighted by Gasteiger charge is -2.50. The highest BCUT2D eigenvalue weighted by Crippen LogP contribution is 2.62. The molecule has 4 aliphatic rings. The summed E-state index contributed by atoms with van der Waals surface area (Å²) in [5, 5.41) is 0. The van der Waals surface area contributed by atoms with Gasteiger partial charge in [-0.2, -0.15) is 0 Å². The third-order valence-corrected chi connectivity index (χ3v) is 8.46. The van der Waals surface area contributed by atoms with Gasteiger partial charge in [0, 0.05) is 18.4 Å². The molecule has 1 aromatic rings. The Morgan fingerprint density at radius 1 is 1.15 bits per heavy atom. The minimum atomic E-state index is -0.154. The van der Waals surface area contributed by atoms with Crippen LogP contribution in [-0.2, 0) is 4.74 Å². The fourth-order valence-corrected chi connectivity index (χ4v) is 6.67. The van der Waals surface area contributed by atoms with E-state index in [4.69, 9.17) is 9.47 Å². The molecule has 4 unspecified atom stereocenters. The van der Waals surface area contributed by atoms with Crippen LogP contribution >= 0.6 is 0 Å². The van der Waals surface area contributed by atoms with E-state index in [0.717, 1.165) is 55.4 Å². The summed E-state index contributed by atoms with van der Waals surface area (Å²) in [7, 11) is 0. The van der Waals surface area contributed by atoms with Crippen molar-refractivity contribution in [2.45, 2.75) is 77.4 Å². The molecule has 27 heavy (non-hydrogen) atoms. The first-order valence-corrected chi connectivity index (χ1v) is 11.0. The van der Waals surface area contributed by atoms with Crippen LogP contribution in [0.4, 0.5) is 0 Å². The van der Waals surface area contributed by atoms with Gasteiger partial charge < -0.3 is 9.47 Å². The lowest BCUT2D eigenvalue weighted by atomic mass is 9.54. The summed E-state index contributed by atoms with van der Waals surface area (Å²) in [4.78, 5) is 13.1. The van der Waals surface area contributed by atoms with Gasteiger partial charge in [0.2, 0.25) is 0 Å². The number of fused-ring (bicyclic) bond motifs is 5. The second-order valence-electron chi connectivity index (χ2n) is 9.69. The Labute approximate surface area is 162 Å². The topological polar surface area (TPSA) is 35.5 Å². The minimum absolute atomic E-state index is 0.154. The van der Waals surface area contributed by atoms with Gasteiger partial charge in [0.1, 0.15) is 5.75 Å². The monoisotopic (exact) mass is 368 g/mol. The predicted octanol–water partition coefficient (Wildman–Crippen LogP) is 5.72. The molecule has 1 aliphatic heterocycles. The molecule has 0 bridgehead atoms. The largest absolute Gasteiger partial charge is 0.465 e. The van der Waals surface area contributed by atoms with E-state index in [2.05, 4.69) is 26.0 Å². The van der Waals surface area contributed by atoms with E-state index in [1.807, 2.05) is 6.07 Å². The van der Waals surface area contributed by atoms with Crippen LogP contribution < -0.4 is 4.74 Å². The molecule has 146 valence electrons. The van der Waals surface area contributed by atoms with Crippen molar-refractivity contribution in [3.05, 3.63) is 29.3 Å². The van der Waals surface area contributed by atoms with E-state index in [1.54, 1.807) is 0 Å². The van der Waals surface area contributed by atoms with Crippen LogP contribution in [0.3, 0.4) is 0 Å². The first kappa shape index (κ1) is 17.7. The second-order valence-corrected chi connectivity index (χ2v) is 9.69. The average molecular weight is 369 g/mol. The van der Waals surface area contributed by atoms with Gasteiger partial charge in [-0.15, -0.1) is 0 Å². The van der Waals surface area contributed by atoms with Gasteiger partial charge in [-0.1, -0.05) is 19.9 Å². The molecule has 1 aromatic carbocycles. The predicted molar refractivity (Wildman–Crippen MR) is 105 cm³/mol. The molecular formula is C24H32O3. The molecule has 3 nitrogen and oxygen atoms in total. The number of ether oxygens (including phenoxy) is 2. The first-order valence-electron chi connectivity index (χ1n) is 11.0. The average Bonchev–Trinajstić information content (AvgIpc) is 2.98. The Kier molecular flexibility index (Phi) is 4.34. The van der Waals surface area contributed by atoms with Crippen LogP contribution in [0.1, 0.15) is 87.1 Å². The number of ketones is 1. The SMILES string of the molecule is C[C@H]1CCC2C3CC(=O)c4cc(OC5CCCCO5)ccc4C3CC[C@@]21C. The number of hydrogen-bond donors (Lipinski definition) is 0. The number of Topliss-reactive ketones (excluding diaryl/α,β-unsaturated/α-hetero) is 1. The summed E-state index contributed by atoms with van der Waals surface area (Å²) in [6, 6.07) is 6.25. The van der Waals surface area contributed by atoms with Crippen LogP contribution in [0, 0.1) is 23.2 Å². The quantitative estimate of drug-likeness (QED) is 0.669. The van der Waals surface area contributed by atoms with Crippen LogP contribution in [0.2, 0.25) is 0 Å². The van der Waals surface area contributed by atoms with Crippen molar-refractivity contribution in [2.24, 2.45) is 23.2 Å². The van der Waals surface area contributed by atoms with Gasteiger partial charge in [0.05, 0.1) is 6.61 Å². The third-order valence-electron chi connectivity index (χ3n) is 8.46. The summed E-state index contributed by atoms with van der Waals surface area (Å²) in [5.74, 6) is 3.73. The van der Waals surface area contributed by atoms with Crippen molar-refractivity contribution in [3.8, 4) is 5.75 Å². The molecule has 3 fully saturated rings. The van der Waals surface area contributed by atoms with Crippen LogP contribution in [0.15, 0.2) is 18.2 Å². The maximum atomic E-state index is 13.1. The maximum Gasteiger partial charge on any atom is 0.199 e. The van der Waals surface area contributed by atoms with Gasteiger partial charge in [0.25, 0.3) is 0 Å². The summed E-state index contributed by atoms with van der Waals surface area (Å²) in [6.07, 6.45) is 8.96. The van der Waals surface area contributed by atoms with Gasteiger partial charge >= 0.3 is 0 Å². The highest BCUT2D eigenvalue weighted by Gasteiger charge is 2.54. The Balaban J connectivity index is 1.41. The molecule has 0 aromatic heterocycles. The van der Waals surface area contributed by atoms with Gasteiger partial charge in [-0.3, -0.25) is 4.79 Å². The lowest BCUT2D eigenvalue weighted by Crippen LogP contribution is -2.43. The molecule has 0 radical (unpaired) electrons. The summed E-state index contributed by atoms with van der Waals surface area (Å²) in [6.45, 7) is 5.69. The minimum Gasteiger partial charge on any atom is -0.465 e. The maximum absolute atomic E-state index is 13.1. The zero-order chi connectivity index (χ0) is 18.6. The highest BCUT2D eigenvalue weighted by molar-refractivity contribution is 5.99. The summed E-state index contributed by atoms with van der Waals surface area (Å²) >= 11 is 0. The fraction of sp³-hybridized carbons (Fsp3) is 0.708. The van der Waals surface area contributed by atoms with E-state index in [0.29, 0.717) is 23.0 Å². The molecule has 0 spiro atoms. The number of carbonyl (C=O) groups is 1. The molecule has 5 rings (SSSR count). The second kappa shape index (κ2) is 6.62. The van der Waals surface area contributed by atoms with E-state index in [9.17, 15) is 4.79 Å². The molecule has 0 amide bonds. The number of carbonyl (C=O) groups excluding carboxylic acids is 1. The molecule has 3 aliphatic carbocycles. The van der Waals surface area contributed by atoms with Crippen molar-refractivity contribution in [3.63, 3.8) is 0 Å². The standard InChI is InChI=1S/C24H32O3/c1-15-6-9-21-19-14-22(25)20-13-16(27-23-5-3-4-12-26-23)7-8-17(20)18(19)10-11-24(15,21)2/h7-8,13,15,18-19,21,23H,3-6,9-12,14H2,1-2H3/t15-,18?,19?,21?,23?,24+/m0/s1. The molecule has 2 saturated carbocycles. The Hall–Kier alpha value is -1.35. The van der Waals surface area contributed by atoms with E-state index in [-0.39, 0.29) is 6.29 Å². The molecule has 1 heterocycles. The van der Waals surface area contributed by atoms with Crippen molar-refractivity contribution in [1.82, 2.24) is 0 Å². The van der Waals surface area contributed by atoms with Crippen LogP contribution in [0.5, 0.6) is 5.75 Å². The molecular weight excluding hydrogens is 336 g/mol. The van der Waals surface area contributed by atoms with E-state index < -0.39 is 0 Å². The number of rotatable bonds is 2. The smallest absolute Gasteiger partial charge is 0.199 e. The fourth-order valence-electron chi connectivity index (χ4n) is 6.67. The van der Waals surface area contributed by atoms with E-state index >= 15 is 0 Å². The third kappa shape index (κ3) is 2.85. The van der Waals surface area contributed by atoms with Gasteiger partial charge in [-0.25, -0.2) is 0 Å². The zero-order valence-electron chi connectivity index (χ0n) is 16.7. The molecule has 1 saturated heterocycles. The van der Waals surface area contributed by atoms with E-state index in [1.165, 1.54) is 31.2 Å². The van der Waals surface area contributed by atoms with Crippen LogP contribution in [-0.4, -0.2) is 18.7 Å². The van der Waals surface area contributed by atoms with Crippen LogP contribution in [0.25, 0.3) is 0 Å².